The van der Waals surface area contributed by atoms with Crippen LogP contribution in [-0.4, -0.2) is 39.6 Å². The quantitative estimate of drug-likeness (QED) is 0.274. The number of carbonyl (C=O) groups is 1. The van der Waals surface area contributed by atoms with Crippen LogP contribution >= 0.6 is 35.4 Å². The average molecular weight is 525 g/mol. The first-order chi connectivity index (χ1) is 16.7. The number of ether oxygens (including phenoxy) is 1. The van der Waals surface area contributed by atoms with Crippen molar-refractivity contribution in [2.45, 2.75) is 25.8 Å². The molecule has 0 spiro atoms. The number of nitriles is 1. The summed E-state index contributed by atoms with van der Waals surface area (Å²) in [7, 11) is 0. The molecular weight excluding hydrogens is 503 g/mol. The summed E-state index contributed by atoms with van der Waals surface area (Å²) in [5, 5.41) is 10.3. The molecule has 0 radical (unpaired) electrons. The van der Waals surface area contributed by atoms with Crippen molar-refractivity contribution in [3.05, 3.63) is 76.5 Å². The van der Waals surface area contributed by atoms with Crippen molar-refractivity contribution in [2.24, 2.45) is 0 Å². The zero-order chi connectivity index (χ0) is 25.2. The van der Waals surface area contributed by atoms with E-state index in [1.54, 1.807) is 30.6 Å². The highest BCUT2D eigenvalue weighted by Crippen LogP contribution is 2.34. The van der Waals surface area contributed by atoms with Gasteiger partial charge in [0, 0.05) is 18.9 Å². The van der Waals surface area contributed by atoms with Gasteiger partial charge in [-0.15, -0.1) is 0 Å². The predicted molar refractivity (Wildman–Crippen MR) is 142 cm³/mol. The summed E-state index contributed by atoms with van der Waals surface area (Å²) >= 11 is 18.3. The van der Waals surface area contributed by atoms with Gasteiger partial charge >= 0.3 is 0 Å². The molecule has 3 aromatic rings. The minimum atomic E-state index is -0.832. The first kappa shape index (κ1) is 24.9. The van der Waals surface area contributed by atoms with Crippen LogP contribution in [0.15, 0.2) is 60.9 Å². The van der Waals surface area contributed by atoms with Crippen molar-refractivity contribution in [1.29, 1.82) is 5.26 Å². The molecule has 2 aromatic carbocycles. The van der Waals surface area contributed by atoms with Gasteiger partial charge in [-0.1, -0.05) is 29.3 Å². The monoisotopic (exact) mass is 524 g/mol. The van der Waals surface area contributed by atoms with Gasteiger partial charge in [0.15, 0.2) is 5.11 Å². The predicted octanol–water partition coefficient (Wildman–Crippen LogP) is 6.11. The highest BCUT2D eigenvalue weighted by Gasteiger charge is 2.49. The highest BCUT2D eigenvalue weighted by atomic mass is 35.5. The molecule has 0 N–H and O–H groups in total. The van der Waals surface area contributed by atoms with Crippen molar-refractivity contribution < 1.29 is 9.53 Å². The molecule has 0 unspecified atom stereocenters. The topological polar surface area (TPSA) is 69.5 Å². The smallest absolute Gasteiger partial charge is 0.258 e. The molecular formula is C26H22Cl2N4O2S. The Hall–Kier alpha value is -3.18. The number of anilines is 1. The van der Waals surface area contributed by atoms with Crippen LogP contribution in [0.2, 0.25) is 10.0 Å². The maximum atomic E-state index is 13.2. The fourth-order valence-electron chi connectivity index (χ4n) is 3.92. The number of thiocarbonyl (C=S) groups is 1. The second-order valence-electron chi connectivity index (χ2n) is 8.49. The Balaban J connectivity index is 1.40. The second-order valence-corrected chi connectivity index (χ2v) is 9.67. The Bertz CT molecular complexity index is 1320. The fraction of sp³-hybridized carbons (Fsp3) is 0.231. The van der Waals surface area contributed by atoms with Crippen molar-refractivity contribution >= 4 is 52.1 Å². The zero-order valence-corrected chi connectivity index (χ0v) is 21.5. The summed E-state index contributed by atoms with van der Waals surface area (Å²) in [6.07, 6.45) is 4.10. The van der Waals surface area contributed by atoms with Gasteiger partial charge in [0.25, 0.3) is 5.91 Å². The van der Waals surface area contributed by atoms with Gasteiger partial charge in [0.05, 0.1) is 27.9 Å². The van der Waals surface area contributed by atoms with Crippen LogP contribution < -0.4 is 9.64 Å². The van der Waals surface area contributed by atoms with E-state index in [9.17, 15) is 4.79 Å². The minimum absolute atomic E-state index is 0.154. The van der Waals surface area contributed by atoms with E-state index >= 15 is 0 Å². The number of halogens is 2. The Kier molecular flexibility index (Phi) is 7.27. The highest BCUT2D eigenvalue weighted by molar-refractivity contribution is 7.80. The van der Waals surface area contributed by atoms with Gasteiger partial charge in [-0.3, -0.25) is 14.7 Å². The molecule has 6 nitrogen and oxygen atoms in total. The molecule has 1 aliphatic heterocycles. The lowest BCUT2D eigenvalue weighted by Crippen LogP contribution is -2.44. The van der Waals surface area contributed by atoms with Crippen LogP contribution in [0.25, 0.3) is 11.1 Å². The molecule has 0 aliphatic carbocycles. The van der Waals surface area contributed by atoms with Gasteiger partial charge in [-0.2, -0.15) is 5.26 Å². The van der Waals surface area contributed by atoms with Crippen LogP contribution in [0, 0.1) is 11.3 Å². The Labute approximate surface area is 219 Å². The van der Waals surface area contributed by atoms with Crippen molar-refractivity contribution in [3.8, 4) is 22.9 Å². The van der Waals surface area contributed by atoms with E-state index in [-0.39, 0.29) is 10.9 Å². The second kappa shape index (κ2) is 10.2. The van der Waals surface area contributed by atoms with Crippen molar-refractivity contribution in [2.75, 3.05) is 18.1 Å². The van der Waals surface area contributed by atoms with E-state index in [1.807, 2.05) is 55.1 Å². The number of rotatable bonds is 7. The summed E-state index contributed by atoms with van der Waals surface area (Å²) in [5.41, 5.74) is 2.05. The van der Waals surface area contributed by atoms with E-state index in [0.29, 0.717) is 46.7 Å². The van der Waals surface area contributed by atoms with E-state index in [0.717, 1.165) is 11.1 Å². The molecule has 1 amide bonds. The van der Waals surface area contributed by atoms with Gasteiger partial charge in [0.1, 0.15) is 17.4 Å². The number of benzene rings is 2. The summed E-state index contributed by atoms with van der Waals surface area (Å²) in [4.78, 5) is 20.6. The Morgan fingerprint density at radius 3 is 2.46 bits per heavy atom. The largest absolute Gasteiger partial charge is 0.492 e. The summed E-state index contributed by atoms with van der Waals surface area (Å²) in [6.45, 7) is 4.59. The summed E-state index contributed by atoms with van der Waals surface area (Å²) in [5.74, 6) is 0.441. The van der Waals surface area contributed by atoms with Crippen molar-refractivity contribution in [3.63, 3.8) is 0 Å². The number of pyridine rings is 1. The third kappa shape index (κ3) is 4.96. The number of carbonyl (C=O) groups excluding carboxylic acids is 1. The van der Waals surface area contributed by atoms with E-state index in [1.165, 1.54) is 4.90 Å². The first-order valence-corrected chi connectivity index (χ1v) is 12.1. The molecule has 0 bridgehead atoms. The Morgan fingerprint density at radius 1 is 1.06 bits per heavy atom. The molecule has 9 heteroatoms. The van der Waals surface area contributed by atoms with E-state index < -0.39 is 5.54 Å². The lowest BCUT2D eigenvalue weighted by Gasteiger charge is -2.29. The number of aromatic nitrogens is 1. The molecule has 1 aromatic heterocycles. The maximum Gasteiger partial charge on any atom is 0.258 e. The maximum absolute atomic E-state index is 13.2. The number of amides is 1. The molecule has 0 atom stereocenters. The lowest BCUT2D eigenvalue weighted by atomic mass is 10.0. The molecule has 1 fully saturated rings. The van der Waals surface area contributed by atoms with Gasteiger partial charge < -0.3 is 9.64 Å². The third-order valence-electron chi connectivity index (χ3n) is 5.88. The van der Waals surface area contributed by atoms with Crippen LogP contribution in [0.5, 0.6) is 5.75 Å². The normalized spacial score (nSPS) is 14.8. The number of hydrogen-bond donors (Lipinski definition) is 0. The summed E-state index contributed by atoms with van der Waals surface area (Å²) < 4.78 is 5.91. The summed E-state index contributed by atoms with van der Waals surface area (Å²) in [6, 6.07) is 16.4. The molecule has 178 valence electrons. The van der Waals surface area contributed by atoms with Gasteiger partial charge in [0.2, 0.25) is 0 Å². The number of hydrogen-bond acceptors (Lipinski definition) is 5. The van der Waals surface area contributed by atoms with Crippen molar-refractivity contribution in [1.82, 2.24) is 9.88 Å². The van der Waals surface area contributed by atoms with E-state index in [2.05, 4.69) is 4.98 Å². The zero-order valence-electron chi connectivity index (χ0n) is 19.2. The standard InChI is InChI=1S/C26H22Cl2N4O2S/c1-26(2)24(33)32(20-6-4-19(16-29)21(27)15-20)25(35)31(26)12-3-13-34-23-7-5-18(14-22(23)28)17-8-10-30-11-9-17/h4-11,14-15H,3,12-13H2,1-2H3. The molecule has 1 saturated heterocycles. The average Bonchev–Trinajstić information content (AvgIpc) is 3.01. The van der Waals surface area contributed by atoms with Gasteiger partial charge in [-0.05, 0) is 86.1 Å². The minimum Gasteiger partial charge on any atom is -0.492 e. The van der Waals surface area contributed by atoms with E-state index in [4.69, 9.17) is 45.4 Å². The van der Waals surface area contributed by atoms with Crippen LogP contribution in [0.4, 0.5) is 5.69 Å². The molecule has 1 aliphatic rings. The Morgan fingerprint density at radius 2 is 1.80 bits per heavy atom. The van der Waals surface area contributed by atoms with Crippen LogP contribution in [0.1, 0.15) is 25.8 Å². The molecule has 0 saturated carbocycles. The fourth-order valence-corrected chi connectivity index (χ4v) is 4.88. The van der Waals surface area contributed by atoms with Gasteiger partial charge in [-0.25, -0.2) is 0 Å². The molecule has 2 heterocycles. The number of nitrogens with zero attached hydrogens (tertiary/aromatic N) is 4. The SMILES string of the molecule is CC1(C)C(=O)N(c2ccc(C#N)c(Cl)c2)C(=S)N1CCCOc1ccc(-c2ccncc2)cc1Cl. The van der Waals surface area contributed by atoms with Crippen LogP contribution in [-0.2, 0) is 4.79 Å². The molecule has 4 rings (SSSR count). The third-order valence-corrected chi connectivity index (χ3v) is 6.89. The lowest BCUT2D eigenvalue weighted by molar-refractivity contribution is -0.123. The van der Waals surface area contributed by atoms with Crippen LogP contribution in [0.3, 0.4) is 0 Å². The molecule has 35 heavy (non-hydrogen) atoms. The first-order valence-electron chi connectivity index (χ1n) is 10.9.